The standard InChI is InChI=1S/C18H33BrN2O/c1-5-7-9-10-12-14-18(3,13-11-8-6-2)21-15-20-17(22-4)16(21)19/h15H,5-14H2,1-4H3. The number of ether oxygens (including phenoxy) is 1. The van der Waals surface area contributed by atoms with Gasteiger partial charge in [-0.2, -0.15) is 0 Å². The first kappa shape index (κ1) is 19.5. The van der Waals surface area contributed by atoms with E-state index in [4.69, 9.17) is 4.74 Å². The molecule has 0 bridgehead atoms. The summed E-state index contributed by atoms with van der Waals surface area (Å²) in [5.41, 5.74) is 0.129. The molecule has 0 amide bonds. The summed E-state index contributed by atoms with van der Waals surface area (Å²) in [4.78, 5) is 4.38. The third-order valence-corrected chi connectivity index (χ3v) is 5.31. The fourth-order valence-electron chi connectivity index (χ4n) is 3.06. The second-order valence-corrected chi connectivity index (χ2v) is 7.28. The highest BCUT2D eigenvalue weighted by Gasteiger charge is 2.28. The number of hydrogen-bond acceptors (Lipinski definition) is 2. The van der Waals surface area contributed by atoms with Gasteiger partial charge in [-0.15, -0.1) is 0 Å². The van der Waals surface area contributed by atoms with Crippen molar-refractivity contribution < 1.29 is 4.74 Å². The summed E-state index contributed by atoms with van der Waals surface area (Å²) in [7, 11) is 1.68. The van der Waals surface area contributed by atoms with Gasteiger partial charge in [0.15, 0.2) is 0 Å². The molecule has 128 valence electrons. The van der Waals surface area contributed by atoms with Gasteiger partial charge in [0.05, 0.1) is 7.11 Å². The van der Waals surface area contributed by atoms with Gasteiger partial charge in [-0.3, -0.25) is 0 Å². The van der Waals surface area contributed by atoms with Crippen LogP contribution in [0.2, 0.25) is 0 Å². The number of nitrogens with zero attached hydrogens (tertiary/aromatic N) is 2. The van der Waals surface area contributed by atoms with Crippen molar-refractivity contribution in [2.75, 3.05) is 7.11 Å². The average Bonchev–Trinajstić information content (AvgIpc) is 2.89. The molecule has 0 saturated heterocycles. The average molecular weight is 373 g/mol. The minimum atomic E-state index is 0.129. The van der Waals surface area contributed by atoms with Crippen molar-refractivity contribution in [3.63, 3.8) is 0 Å². The molecule has 0 aliphatic carbocycles. The topological polar surface area (TPSA) is 27.1 Å². The van der Waals surface area contributed by atoms with Gasteiger partial charge in [-0.1, -0.05) is 65.2 Å². The molecule has 0 saturated carbocycles. The van der Waals surface area contributed by atoms with Crippen molar-refractivity contribution >= 4 is 15.9 Å². The first-order valence-corrected chi connectivity index (χ1v) is 9.65. The Bertz CT molecular complexity index is 419. The molecule has 1 aromatic rings. The summed E-state index contributed by atoms with van der Waals surface area (Å²) < 4.78 is 8.58. The van der Waals surface area contributed by atoms with Gasteiger partial charge in [-0.25, -0.2) is 4.98 Å². The van der Waals surface area contributed by atoms with E-state index in [1.807, 2.05) is 6.33 Å². The van der Waals surface area contributed by atoms with Gasteiger partial charge in [0.1, 0.15) is 10.9 Å². The van der Waals surface area contributed by atoms with Crippen molar-refractivity contribution in [2.45, 2.75) is 90.5 Å². The molecule has 1 atom stereocenters. The molecular weight excluding hydrogens is 340 g/mol. The number of rotatable bonds is 12. The summed E-state index contributed by atoms with van der Waals surface area (Å²) in [6.07, 6.45) is 14.8. The zero-order chi connectivity index (χ0) is 16.4. The number of unbranched alkanes of at least 4 members (excludes halogenated alkanes) is 6. The van der Waals surface area contributed by atoms with Crippen LogP contribution in [0.15, 0.2) is 10.9 Å². The SMILES string of the molecule is CCCCCCCC(C)(CCCCC)n1cnc(OC)c1Br. The van der Waals surface area contributed by atoms with Crippen LogP contribution in [0.3, 0.4) is 0 Å². The summed E-state index contributed by atoms with van der Waals surface area (Å²) in [6, 6.07) is 0. The number of halogens is 1. The molecule has 0 aliphatic heterocycles. The molecule has 0 radical (unpaired) electrons. The van der Waals surface area contributed by atoms with Crippen LogP contribution in [0.4, 0.5) is 0 Å². The Hall–Kier alpha value is -0.510. The maximum absolute atomic E-state index is 5.33. The normalized spacial score (nSPS) is 14.0. The molecule has 0 aliphatic rings. The lowest BCUT2D eigenvalue weighted by Gasteiger charge is -2.32. The van der Waals surface area contributed by atoms with Crippen LogP contribution in [0.1, 0.15) is 85.0 Å². The van der Waals surface area contributed by atoms with Crippen LogP contribution in [0.5, 0.6) is 5.88 Å². The monoisotopic (exact) mass is 372 g/mol. The highest BCUT2D eigenvalue weighted by Crippen LogP contribution is 2.36. The maximum Gasteiger partial charge on any atom is 0.246 e. The number of imidazole rings is 1. The minimum absolute atomic E-state index is 0.129. The molecule has 22 heavy (non-hydrogen) atoms. The first-order chi connectivity index (χ1) is 10.6. The van der Waals surface area contributed by atoms with E-state index in [-0.39, 0.29) is 5.54 Å². The molecule has 0 fully saturated rings. The molecule has 0 spiro atoms. The molecular formula is C18H33BrN2O. The predicted octanol–water partition coefficient (Wildman–Crippen LogP) is 6.31. The van der Waals surface area contributed by atoms with Crippen LogP contribution in [0.25, 0.3) is 0 Å². The largest absolute Gasteiger partial charge is 0.479 e. The van der Waals surface area contributed by atoms with E-state index >= 15 is 0 Å². The first-order valence-electron chi connectivity index (χ1n) is 8.86. The van der Waals surface area contributed by atoms with E-state index in [9.17, 15) is 0 Å². The van der Waals surface area contributed by atoms with Gasteiger partial charge >= 0.3 is 0 Å². The Morgan fingerprint density at radius 2 is 1.59 bits per heavy atom. The summed E-state index contributed by atoms with van der Waals surface area (Å²) in [6.45, 7) is 6.90. The van der Waals surface area contributed by atoms with Crippen LogP contribution in [-0.2, 0) is 5.54 Å². The highest BCUT2D eigenvalue weighted by atomic mass is 79.9. The molecule has 0 N–H and O–H groups in total. The van der Waals surface area contributed by atoms with Crippen LogP contribution < -0.4 is 4.74 Å². The van der Waals surface area contributed by atoms with E-state index in [1.54, 1.807) is 7.11 Å². The van der Waals surface area contributed by atoms with Gasteiger partial charge in [0, 0.05) is 5.54 Å². The third-order valence-electron chi connectivity index (χ3n) is 4.59. The molecule has 1 heterocycles. The Morgan fingerprint density at radius 3 is 2.14 bits per heavy atom. The van der Waals surface area contributed by atoms with E-state index in [0.717, 1.165) is 4.60 Å². The van der Waals surface area contributed by atoms with Crippen molar-refractivity contribution in [1.29, 1.82) is 0 Å². The Balaban J connectivity index is 2.74. The van der Waals surface area contributed by atoms with Crippen molar-refractivity contribution in [2.24, 2.45) is 0 Å². The fraction of sp³-hybridized carbons (Fsp3) is 0.833. The van der Waals surface area contributed by atoms with E-state index in [2.05, 4.69) is 46.3 Å². The highest BCUT2D eigenvalue weighted by molar-refractivity contribution is 9.10. The summed E-state index contributed by atoms with van der Waals surface area (Å²) in [5, 5.41) is 0. The molecule has 1 aromatic heterocycles. The van der Waals surface area contributed by atoms with Gasteiger partial charge in [0.25, 0.3) is 0 Å². The van der Waals surface area contributed by atoms with Crippen molar-refractivity contribution in [3.8, 4) is 5.88 Å². The van der Waals surface area contributed by atoms with E-state index in [1.165, 1.54) is 64.2 Å². The molecule has 0 aromatic carbocycles. The number of methoxy groups -OCH3 is 1. The molecule has 3 nitrogen and oxygen atoms in total. The van der Waals surface area contributed by atoms with Crippen molar-refractivity contribution in [1.82, 2.24) is 9.55 Å². The Kier molecular flexibility index (Phi) is 9.15. The van der Waals surface area contributed by atoms with Crippen molar-refractivity contribution in [3.05, 3.63) is 10.9 Å². The second kappa shape index (κ2) is 10.3. The predicted molar refractivity (Wildman–Crippen MR) is 97.6 cm³/mol. The lowest BCUT2D eigenvalue weighted by atomic mass is 9.88. The smallest absolute Gasteiger partial charge is 0.246 e. The molecule has 1 rings (SSSR count). The lowest BCUT2D eigenvalue weighted by Crippen LogP contribution is -2.30. The summed E-state index contributed by atoms with van der Waals surface area (Å²) >= 11 is 3.67. The third kappa shape index (κ3) is 5.60. The maximum atomic E-state index is 5.33. The van der Waals surface area contributed by atoms with E-state index < -0.39 is 0 Å². The van der Waals surface area contributed by atoms with Gasteiger partial charge < -0.3 is 9.30 Å². The number of aromatic nitrogens is 2. The lowest BCUT2D eigenvalue weighted by molar-refractivity contribution is 0.246. The molecule has 4 heteroatoms. The van der Waals surface area contributed by atoms with E-state index in [0.29, 0.717) is 5.88 Å². The zero-order valence-electron chi connectivity index (χ0n) is 14.8. The van der Waals surface area contributed by atoms with Crippen LogP contribution >= 0.6 is 15.9 Å². The summed E-state index contributed by atoms with van der Waals surface area (Å²) in [5.74, 6) is 0.688. The van der Waals surface area contributed by atoms with Gasteiger partial charge in [0.2, 0.25) is 5.88 Å². The molecule has 1 unspecified atom stereocenters. The Morgan fingerprint density at radius 1 is 1.05 bits per heavy atom. The van der Waals surface area contributed by atoms with Gasteiger partial charge in [-0.05, 0) is 35.7 Å². The quantitative estimate of drug-likeness (QED) is 0.402. The zero-order valence-corrected chi connectivity index (χ0v) is 16.4. The van der Waals surface area contributed by atoms with Crippen LogP contribution in [-0.4, -0.2) is 16.7 Å². The fourth-order valence-corrected chi connectivity index (χ4v) is 3.85. The Labute approximate surface area is 145 Å². The van der Waals surface area contributed by atoms with Crippen LogP contribution in [0, 0.1) is 0 Å². The number of hydrogen-bond donors (Lipinski definition) is 0. The minimum Gasteiger partial charge on any atom is -0.479 e. The second-order valence-electron chi connectivity index (χ2n) is 6.53.